The third-order valence-corrected chi connectivity index (χ3v) is 3.44. The van der Waals surface area contributed by atoms with Crippen molar-refractivity contribution in [2.24, 2.45) is 4.99 Å². The van der Waals surface area contributed by atoms with Crippen LogP contribution in [0.15, 0.2) is 45.2 Å². The SMILES string of the molecule is CC(F)F.CCC(C)=C/C(=C\c1nc(/C(C)=C/C=N/C=C/OC)oc1C)C(F)(F)F. The summed E-state index contributed by atoms with van der Waals surface area (Å²) in [4.78, 5) is 8.10. The molecule has 1 heterocycles. The molecule has 0 aromatic carbocycles. The van der Waals surface area contributed by atoms with E-state index < -0.39 is 18.2 Å². The highest BCUT2D eigenvalue weighted by Crippen LogP contribution is 2.31. The molecule has 30 heavy (non-hydrogen) atoms. The Labute approximate surface area is 173 Å². The van der Waals surface area contributed by atoms with Crippen molar-refractivity contribution < 1.29 is 31.1 Å². The van der Waals surface area contributed by atoms with Crippen LogP contribution in [0.3, 0.4) is 0 Å². The molecule has 0 atom stereocenters. The van der Waals surface area contributed by atoms with Crippen molar-refractivity contribution in [3.63, 3.8) is 0 Å². The van der Waals surface area contributed by atoms with Gasteiger partial charge in [0.05, 0.1) is 18.9 Å². The molecule has 9 heteroatoms. The number of alkyl halides is 5. The van der Waals surface area contributed by atoms with Crippen LogP contribution in [0.2, 0.25) is 0 Å². The summed E-state index contributed by atoms with van der Waals surface area (Å²) < 4.78 is 70.6. The lowest BCUT2D eigenvalue weighted by molar-refractivity contribution is -0.0873. The summed E-state index contributed by atoms with van der Waals surface area (Å²) in [6, 6.07) is 0. The second-order valence-corrected chi connectivity index (χ2v) is 6.09. The Morgan fingerprint density at radius 1 is 1.27 bits per heavy atom. The van der Waals surface area contributed by atoms with E-state index in [1.54, 1.807) is 33.8 Å². The Balaban J connectivity index is 0.00000192. The second-order valence-electron chi connectivity index (χ2n) is 6.09. The van der Waals surface area contributed by atoms with Gasteiger partial charge in [-0.05, 0) is 46.3 Å². The van der Waals surface area contributed by atoms with Crippen LogP contribution in [0.4, 0.5) is 22.0 Å². The minimum absolute atomic E-state index is 0.149. The monoisotopic (exact) mass is 434 g/mol. The molecule has 0 aliphatic heterocycles. The van der Waals surface area contributed by atoms with E-state index in [2.05, 4.69) is 9.98 Å². The minimum Gasteiger partial charge on any atom is -0.503 e. The first-order valence-corrected chi connectivity index (χ1v) is 9.02. The normalized spacial score (nSPS) is 13.9. The van der Waals surface area contributed by atoms with Crippen LogP contribution in [0.5, 0.6) is 0 Å². The Morgan fingerprint density at radius 3 is 2.37 bits per heavy atom. The number of halogens is 5. The molecule has 0 fully saturated rings. The van der Waals surface area contributed by atoms with Gasteiger partial charge in [-0.3, -0.25) is 4.99 Å². The summed E-state index contributed by atoms with van der Waals surface area (Å²) >= 11 is 0. The number of aryl methyl sites for hydroxylation is 1. The zero-order chi connectivity index (χ0) is 23.3. The van der Waals surface area contributed by atoms with Gasteiger partial charge in [-0.2, -0.15) is 13.2 Å². The molecule has 0 aliphatic rings. The van der Waals surface area contributed by atoms with Crippen LogP contribution in [0.25, 0.3) is 11.6 Å². The molecule has 0 N–H and O–H groups in total. The number of ether oxygens (including phenoxy) is 1. The molecular weight excluding hydrogens is 407 g/mol. The fourth-order valence-electron chi connectivity index (χ4n) is 1.80. The van der Waals surface area contributed by atoms with Gasteiger partial charge in [0, 0.05) is 11.8 Å². The first-order chi connectivity index (χ1) is 13.9. The lowest BCUT2D eigenvalue weighted by atomic mass is 10.1. The van der Waals surface area contributed by atoms with Gasteiger partial charge < -0.3 is 9.15 Å². The van der Waals surface area contributed by atoms with Crippen molar-refractivity contribution in [3.8, 4) is 0 Å². The van der Waals surface area contributed by atoms with Crippen LogP contribution in [0, 0.1) is 6.92 Å². The third kappa shape index (κ3) is 11.3. The molecule has 0 spiro atoms. The predicted octanol–water partition coefficient (Wildman–Crippen LogP) is 7.15. The van der Waals surface area contributed by atoms with Crippen molar-refractivity contribution in [2.45, 2.75) is 53.6 Å². The van der Waals surface area contributed by atoms with E-state index in [1.807, 2.05) is 0 Å². The van der Waals surface area contributed by atoms with Gasteiger partial charge in [0.25, 0.3) is 0 Å². The lowest BCUT2D eigenvalue weighted by Crippen LogP contribution is -2.10. The minimum atomic E-state index is -4.47. The van der Waals surface area contributed by atoms with Crippen molar-refractivity contribution in [3.05, 3.63) is 53.1 Å². The maximum Gasteiger partial charge on any atom is 0.416 e. The molecule has 1 aromatic heterocycles. The lowest BCUT2D eigenvalue weighted by Gasteiger charge is -2.08. The smallest absolute Gasteiger partial charge is 0.416 e. The number of rotatable bonds is 7. The highest BCUT2D eigenvalue weighted by atomic mass is 19.4. The molecule has 0 radical (unpaired) electrons. The molecule has 4 nitrogen and oxygen atoms in total. The number of aliphatic imine (C=N–C) groups is 1. The van der Waals surface area contributed by atoms with Crippen molar-refractivity contribution in [1.82, 2.24) is 4.98 Å². The fourth-order valence-corrected chi connectivity index (χ4v) is 1.80. The van der Waals surface area contributed by atoms with Gasteiger partial charge in [0.15, 0.2) is 0 Å². The number of allylic oxidation sites excluding steroid dienone is 5. The molecule has 0 saturated heterocycles. The number of nitrogens with zero attached hydrogens (tertiary/aromatic N) is 2. The Morgan fingerprint density at radius 2 is 1.87 bits per heavy atom. The standard InChI is InChI=1S/C19H23F3N2O2.C2H4F2/c1-6-13(2)11-16(19(20,21)22)12-17-15(4)26-18(24-17)14(3)7-8-23-9-10-25-5;1-2(3)4/h7-12H,6H2,1-5H3;2H,1H3/b10-9+,13-11?,14-7+,16-12+,23-8+;. The highest BCUT2D eigenvalue weighted by molar-refractivity contribution is 5.82. The summed E-state index contributed by atoms with van der Waals surface area (Å²) in [6.07, 6.45) is 2.05. The highest BCUT2D eigenvalue weighted by Gasteiger charge is 2.32. The topological polar surface area (TPSA) is 47.6 Å². The maximum absolute atomic E-state index is 13.3. The average molecular weight is 434 g/mol. The molecule has 0 amide bonds. The van der Waals surface area contributed by atoms with Gasteiger partial charge in [0.2, 0.25) is 12.3 Å². The maximum atomic E-state index is 13.3. The van der Waals surface area contributed by atoms with Crippen LogP contribution in [0.1, 0.15) is 51.5 Å². The summed E-state index contributed by atoms with van der Waals surface area (Å²) in [5, 5.41) is 0. The molecule has 0 aliphatic carbocycles. The predicted molar refractivity (Wildman–Crippen MR) is 109 cm³/mol. The molecule has 0 saturated carbocycles. The molecule has 0 unspecified atom stereocenters. The quantitative estimate of drug-likeness (QED) is 0.198. The number of methoxy groups -OCH3 is 1. The number of hydrogen-bond donors (Lipinski definition) is 0. The Bertz CT molecular complexity index is 798. The zero-order valence-corrected chi connectivity index (χ0v) is 17.8. The van der Waals surface area contributed by atoms with E-state index in [4.69, 9.17) is 9.15 Å². The van der Waals surface area contributed by atoms with Gasteiger partial charge in [-0.25, -0.2) is 13.8 Å². The number of oxazole rings is 1. The van der Waals surface area contributed by atoms with E-state index in [-0.39, 0.29) is 11.6 Å². The van der Waals surface area contributed by atoms with Crippen LogP contribution < -0.4 is 0 Å². The first kappa shape index (κ1) is 27.3. The third-order valence-electron chi connectivity index (χ3n) is 3.44. The largest absolute Gasteiger partial charge is 0.503 e. The van der Waals surface area contributed by atoms with Gasteiger partial charge >= 0.3 is 6.18 Å². The fraction of sp³-hybridized carbons (Fsp3) is 0.429. The van der Waals surface area contributed by atoms with Crippen molar-refractivity contribution in [1.29, 1.82) is 0 Å². The summed E-state index contributed by atoms with van der Waals surface area (Å²) in [5.74, 6) is 0.557. The second kappa shape index (κ2) is 13.5. The Hall–Kier alpha value is -2.71. The number of aromatic nitrogens is 1. The Kier molecular flexibility index (Phi) is 12.3. The van der Waals surface area contributed by atoms with Gasteiger partial charge in [-0.1, -0.05) is 18.6 Å². The van der Waals surface area contributed by atoms with E-state index >= 15 is 0 Å². The van der Waals surface area contributed by atoms with Gasteiger partial charge in [-0.15, -0.1) is 0 Å². The number of hydrogen-bond acceptors (Lipinski definition) is 4. The van der Waals surface area contributed by atoms with Crippen LogP contribution in [-0.2, 0) is 4.74 Å². The summed E-state index contributed by atoms with van der Waals surface area (Å²) in [7, 11) is 1.50. The van der Waals surface area contributed by atoms with Gasteiger partial charge in [0.1, 0.15) is 17.7 Å². The van der Waals surface area contributed by atoms with E-state index in [0.717, 1.165) is 19.1 Å². The van der Waals surface area contributed by atoms with Crippen LogP contribution in [-0.4, -0.2) is 30.9 Å². The van der Waals surface area contributed by atoms with Crippen LogP contribution >= 0.6 is 0 Å². The van der Waals surface area contributed by atoms with E-state index in [0.29, 0.717) is 23.3 Å². The molecule has 1 rings (SSSR count). The van der Waals surface area contributed by atoms with Crippen molar-refractivity contribution >= 4 is 17.9 Å². The molecular formula is C21H27F5N2O2. The zero-order valence-electron chi connectivity index (χ0n) is 17.8. The summed E-state index contributed by atoms with van der Waals surface area (Å²) in [5.41, 5.74) is 0.659. The van der Waals surface area contributed by atoms with Crippen molar-refractivity contribution in [2.75, 3.05) is 7.11 Å². The van der Waals surface area contributed by atoms with E-state index in [1.165, 1.54) is 25.8 Å². The average Bonchev–Trinajstić information content (AvgIpc) is 3.00. The molecule has 1 aromatic rings. The molecule has 0 bridgehead atoms. The summed E-state index contributed by atoms with van der Waals surface area (Å²) in [6.45, 7) is 7.60. The van der Waals surface area contributed by atoms with E-state index in [9.17, 15) is 22.0 Å². The first-order valence-electron chi connectivity index (χ1n) is 9.02. The molecule has 168 valence electrons.